The van der Waals surface area contributed by atoms with Crippen molar-refractivity contribution in [3.8, 4) is 0 Å². The number of hydrogen-bond acceptors (Lipinski definition) is 5. The standard InChI is InChI=1S/C12H12F2N4O2/c1-20-12(19)7-2-3-8(10(14)9(7)13)16-4-6-5-17-18-11(6)15/h2-3,5,16H,4H2,1H3,(H3,15,17,18). The molecule has 6 nitrogen and oxygen atoms in total. The molecule has 1 heterocycles. The molecule has 0 aliphatic rings. The number of nitrogens with two attached hydrogens (primary N) is 1. The van der Waals surface area contributed by atoms with E-state index in [-0.39, 0.29) is 12.2 Å². The number of esters is 1. The second kappa shape index (κ2) is 5.55. The van der Waals surface area contributed by atoms with E-state index in [1.807, 2.05) is 0 Å². The van der Waals surface area contributed by atoms with Crippen molar-refractivity contribution < 1.29 is 18.3 Å². The average Bonchev–Trinajstić information content (AvgIpc) is 2.85. The molecule has 1 aromatic carbocycles. The maximum absolute atomic E-state index is 13.8. The molecule has 0 radical (unpaired) electrons. The Balaban J connectivity index is 2.19. The molecule has 0 unspecified atom stereocenters. The molecule has 0 atom stereocenters. The van der Waals surface area contributed by atoms with Crippen molar-refractivity contribution in [2.24, 2.45) is 0 Å². The fraction of sp³-hybridized carbons (Fsp3) is 0.167. The lowest BCUT2D eigenvalue weighted by Gasteiger charge is -2.09. The molecule has 0 aliphatic heterocycles. The van der Waals surface area contributed by atoms with E-state index in [4.69, 9.17) is 5.73 Å². The van der Waals surface area contributed by atoms with Crippen molar-refractivity contribution in [3.63, 3.8) is 0 Å². The summed E-state index contributed by atoms with van der Waals surface area (Å²) in [5, 5.41) is 8.90. The molecule has 0 aliphatic carbocycles. The Kier molecular flexibility index (Phi) is 3.83. The van der Waals surface area contributed by atoms with Gasteiger partial charge in [0.05, 0.1) is 24.6 Å². The summed E-state index contributed by atoms with van der Waals surface area (Å²) in [7, 11) is 1.09. The van der Waals surface area contributed by atoms with Gasteiger partial charge in [-0.2, -0.15) is 5.10 Å². The first-order chi connectivity index (χ1) is 9.54. The van der Waals surface area contributed by atoms with Crippen LogP contribution in [0.2, 0.25) is 0 Å². The molecular formula is C12H12F2N4O2. The Hall–Kier alpha value is -2.64. The van der Waals surface area contributed by atoms with E-state index >= 15 is 0 Å². The second-order valence-corrected chi connectivity index (χ2v) is 3.94. The van der Waals surface area contributed by atoms with Crippen LogP contribution in [0.25, 0.3) is 0 Å². The lowest BCUT2D eigenvalue weighted by molar-refractivity contribution is 0.0594. The van der Waals surface area contributed by atoms with Crippen molar-refractivity contribution >= 4 is 17.5 Å². The van der Waals surface area contributed by atoms with E-state index in [0.717, 1.165) is 13.2 Å². The van der Waals surface area contributed by atoms with Crippen LogP contribution in [0.5, 0.6) is 0 Å². The van der Waals surface area contributed by atoms with Gasteiger partial charge in [0.15, 0.2) is 11.6 Å². The highest BCUT2D eigenvalue weighted by molar-refractivity contribution is 5.90. The maximum atomic E-state index is 13.8. The Labute approximate surface area is 112 Å². The number of methoxy groups -OCH3 is 1. The van der Waals surface area contributed by atoms with Crippen LogP contribution in [0.15, 0.2) is 18.3 Å². The van der Waals surface area contributed by atoms with Crippen molar-refractivity contribution in [2.75, 3.05) is 18.2 Å². The zero-order valence-corrected chi connectivity index (χ0v) is 10.5. The predicted molar refractivity (Wildman–Crippen MR) is 68.0 cm³/mol. The normalized spacial score (nSPS) is 10.3. The van der Waals surface area contributed by atoms with E-state index in [9.17, 15) is 13.6 Å². The molecule has 2 rings (SSSR count). The molecule has 0 fully saturated rings. The number of aromatic nitrogens is 2. The lowest BCUT2D eigenvalue weighted by Crippen LogP contribution is -2.09. The number of halogens is 2. The minimum absolute atomic E-state index is 0.0873. The molecule has 20 heavy (non-hydrogen) atoms. The number of hydrogen-bond donors (Lipinski definition) is 3. The third-order valence-electron chi connectivity index (χ3n) is 2.71. The molecule has 0 saturated carbocycles. The Morgan fingerprint density at radius 2 is 2.20 bits per heavy atom. The molecule has 8 heteroatoms. The molecule has 4 N–H and O–H groups in total. The van der Waals surface area contributed by atoms with E-state index in [0.29, 0.717) is 11.4 Å². The quantitative estimate of drug-likeness (QED) is 0.742. The zero-order chi connectivity index (χ0) is 14.7. The van der Waals surface area contributed by atoms with Gasteiger partial charge in [-0.15, -0.1) is 0 Å². The number of H-pyrrole nitrogens is 1. The number of aromatic amines is 1. The molecule has 1 aromatic heterocycles. The maximum Gasteiger partial charge on any atom is 0.340 e. The summed E-state index contributed by atoms with van der Waals surface area (Å²) in [6, 6.07) is 2.40. The van der Waals surface area contributed by atoms with E-state index in [2.05, 4.69) is 20.3 Å². The molecule has 0 saturated heterocycles. The van der Waals surface area contributed by atoms with E-state index in [1.54, 1.807) is 0 Å². The smallest absolute Gasteiger partial charge is 0.340 e. The number of carbonyl (C=O) groups is 1. The highest BCUT2D eigenvalue weighted by Crippen LogP contribution is 2.22. The summed E-state index contributed by atoms with van der Waals surface area (Å²) >= 11 is 0. The molecular weight excluding hydrogens is 270 g/mol. The number of benzene rings is 1. The first-order valence-corrected chi connectivity index (χ1v) is 5.62. The van der Waals surface area contributed by atoms with Crippen LogP contribution in [0.4, 0.5) is 20.3 Å². The second-order valence-electron chi connectivity index (χ2n) is 3.94. The number of nitrogens with one attached hydrogen (secondary N) is 2. The fourth-order valence-electron chi connectivity index (χ4n) is 1.61. The van der Waals surface area contributed by atoms with Gasteiger partial charge in [-0.25, -0.2) is 13.6 Å². The molecule has 0 bridgehead atoms. The highest BCUT2D eigenvalue weighted by Gasteiger charge is 2.19. The van der Waals surface area contributed by atoms with Gasteiger partial charge in [0.25, 0.3) is 0 Å². The van der Waals surface area contributed by atoms with Crippen molar-refractivity contribution in [3.05, 3.63) is 41.1 Å². The number of nitrogen functional groups attached to an aromatic ring is 1. The first kappa shape index (κ1) is 13.8. The van der Waals surface area contributed by atoms with Crippen LogP contribution in [-0.4, -0.2) is 23.3 Å². The van der Waals surface area contributed by atoms with Gasteiger partial charge in [0.1, 0.15) is 5.82 Å². The average molecular weight is 282 g/mol. The van der Waals surface area contributed by atoms with Crippen LogP contribution < -0.4 is 11.1 Å². The summed E-state index contributed by atoms with van der Waals surface area (Å²) in [6.07, 6.45) is 1.47. The Bertz CT molecular complexity index is 642. The van der Waals surface area contributed by atoms with Gasteiger partial charge < -0.3 is 15.8 Å². The summed E-state index contributed by atoms with van der Waals surface area (Å²) in [6.45, 7) is 0.163. The third-order valence-corrected chi connectivity index (χ3v) is 2.71. The zero-order valence-electron chi connectivity index (χ0n) is 10.5. The lowest BCUT2D eigenvalue weighted by atomic mass is 10.1. The Morgan fingerprint density at radius 3 is 2.80 bits per heavy atom. The van der Waals surface area contributed by atoms with Crippen molar-refractivity contribution in [1.82, 2.24) is 10.2 Å². The number of nitrogens with zero attached hydrogens (tertiary/aromatic N) is 1. The fourth-order valence-corrected chi connectivity index (χ4v) is 1.61. The van der Waals surface area contributed by atoms with Crippen LogP contribution in [-0.2, 0) is 11.3 Å². The van der Waals surface area contributed by atoms with Crippen LogP contribution in [0, 0.1) is 11.6 Å². The molecule has 106 valence electrons. The van der Waals surface area contributed by atoms with Crippen LogP contribution in [0.3, 0.4) is 0 Å². The molecule has 2 aromatic rings. The van der Waals surface area contributed by atoms with Crippen molar-refractivity contribution in [2.45, 2.75) is 6.54 Å². The van der Waals surface area contributed by atoms with Gasteiger partial charge in [-0.05, 0) is 12.1 Å². The van der Waals surface area contributed by atoms with Gasteiger partial charge in [-0.1, -0.05) is 0 Å². The summed E-state index contributed by atoms with van der Waals surface area (Å²) in [4.78, 5) is 11.2. The predicted octanol–water partition coefficient (Wildman–Crippen LogP) is 1.67. The highest BCUT2D eigenvalue weighted by atomic mass is 19.2. The first-order valence-electron chi connectivity index (χ1n) is 5.62. The Morgan fingerprint density at radius 1 is 1.45 bits per heavy atom. The summed E-state index contributed by atoms with van der Waals surface area (Å²) in [5.74, 6) is -3.02. The minimum Gasteiger partial charge on any atom is -0.465 e. The number of ether oxygens (including phenoxy) is 1. The monoisotopic (exact) mass is 282 g/mol. The minimum atomic E-state index is -1.26. The number of carbonyl (C=O) groups excluding carboxylic acids is 1. The van der Waals surface area contributed by atoms with Gasteiger partial charge in [0, 0.05) is 12.1 Å². The summed E-state index contributed by atoms with van der Waals surface area (Å²) < 4.78 is 31.8. The van der Waals surface area contributed by atoms with E-state index in [1.165, 1.54) is 12.3 Å². The van der Waals surface area contributed by atoms with Crippen LogP contribution in [0.1, 0.15) is 15.9 Å². The van der Waals surface area contributed by atoms with Gasteiger partial charge in [-0.3, -0.25) is 5.10 Å². The van der Waals surface area contributed by atoms with Crippen LogP contribution >= 0.6 is 0 Å². The summed E-state index contributed by atoms with van der Waals surface area (Å²) in [5.41, 5.74) is 5.63. The van der Waals surface area contributed by atoms with Crippen molar-refractivity contribution in [1.29, 1.82) is 0 Å². The largest absolute Gasteiger partial charge is 0.465 e. The topological polar surface area (TPSA) is 93.0 Å². The molecule has 0 amide bonds. The van der Waals surface area contributed by atoms with Gasteiger partial charge >= 0.3 is 5.97 Å². The van der Waals surface area contributed by atoms with E-state index < -0.39 is 23.2 Å². The number of rotatable bonds is 4. The number of anilines is 2. The third kappa shape index (κ3) is 2.53. The molecule has 0 spiro atoms. The van der Waals surface area contributed by atoms with Gasteiger partial charge in [0.2, 0.25) is 0 Å². The SMILES string of the molecule is COC(=O)c1ccc(NCc2cn[nH]c2N)c(F)c1F.